The monoisotopic (exact) mass is 673 g/mol. The first-order valence-electron chi connectivity index (χ1n) is 15.1. The Morgan fingerprint density at radius 2 is 1.64 bits per heavy atom. The number of rotatable bonds is 12. The lowest BCUT2D eigenvalue weighted by molar-refractivity contribution is -0.140. The van der Waals surface area contributed by atoms with Crippen molar-refractivity contribution in [2.75, 3.05) is 23.4 Å². The number of nitrogens with zero attached hydrogens (tertiary/aromatic N) is 2. The van der Waals surface area contributed by atoms with Crippen LogP contribution in [0, 0.1) is 0 Å². The summed E-state index contributed by atoms with van der Waals surface area (Å²) in [5.41, 5.74) is 1.77. The highest BCUT2D eigenvalue weighted by Gasteiger charge is 2.35. The van der Waals surface area contributed by atoms with Crippen LogP contribution in [0.3, 0.4) is 0 Å². The normalized spacial score (nSPS) is 15.4. The molecule has 1 fully saturated rings. The van der Waals surface area contributed by atoms with Crippen LogP contribution >= 0.6 is 23.2 Å². The molecule has 1 saturated carbocycles. The third-order valence-electron chi connectivity index (χ3n) is 8.18. The molecule has 0 spiro atoms. The zero-order valence-electron chi connectivity index (χ0n) is 25.1. The Balaban J connectivity index is 1.53. The Morgan fingerprint density at radius 3 is 2.36 bits per heavy atom. The molecule has 1 N–H and O–H groups in total. The fraction of sp³-hybridized carbons (Fsp3) is 0.394. The van der Waals surface area contributed by atoms with E-state index in [1.165, 1.54) is 11.8 Å². The molecule has 2 aliphatic rings. The Hall–Kier alpha value is -3.47. The van der Waals surface area contributed by atoms with Gasteiger partial charge in [-0.15, -0.1) is 0 Å². The number of hydrogen-bond acceptors (Lipinski definition) is 6. The van der Waals surface area contributed by atoms with E-state index < -0.39 is 28.5 Å². The van der Waals surface area contributed by atoms with Gasteiger partial charge in [-0.3, -0.25) is 13.9 Å². The van der Waals surface area contributed by atoms with E-state index in [1.54, 1.807) is 36.4 Å². The van der Waals surface area contributed by atoms with Gasteiger partial charge in [0.15, 0.2) is 11.5 Å². The number of halogens is 2. The summed E-state index contributed by atoms with van der Waals surface area (Å²) in [6.45, 7) is 1.02. The summed E-state index contributed by atoms with van der Waals surface area (Å²) in [4.78, 5) is 30.0. The van der Waals surface area contributed by atoms with Crippen molar-refractivity contribution >= 4 is 50.7 Å². The first kappa shape index (κ1) is 32.9. The summed E-state index contributed by atoms with van der Waals surface area (Å²) in [5.74, 6) is -0.195. The highest BCUT2D eigenvalue weighted by molar-refractivity contribution is 7.92. The molecule has 3 aromatic carbocycles. The fourth-order valence-electron chi connectivity index (χ4n) is 5.69. The smallest absolute Gasteiger partial charge is 0.244 e. The van der Waals surface area contributed by atoms with E-state index in [0.717, 1.165) is 42.0 Å². The third kappa shape index (κ3) is 8.23. The molecule has 5 rings (SSSR count). The molecule has 2 amide bonds. The second-order valence-corrected chi connectivity index (χ2v) is 14.3. The molecule has 45 heavy (non-hydrogen) atoms. The first-order chi connectivity index (χ1) is 21.6. The van der Waals surface area contributed by atoms with Gasteiger partial charge in [-0.25, -0.2) is 8.42 Å². The van der Waals surface area contributed by atoms with Crippen molar-refractivity contribution in [2.24, 2.45) is 0 Å². The van der Waals surface area contributed by atoms with Crippen LogP contribution in [-0.4, -0.2) is 56.3 Å². The summed E-state index contributed by atoms with van der Waals surface area (Å²) in [7, 11) is -3.92. The molecule has 3 aromatic rings. The van der Waals surface area contributed by atoms with Gasteiger partial charge in [0.1, 0.15) is 12.6 Å². The number of carbonyl (C=O) groups is 2. The minimum atomic E-state index is -3.92. The fourth-order valence-corrected chi connectivity index (χ4v) is 7.07. The molecule has 240 valence electrons. The van der Waals surface area contributed by atoms with Crippen molar-refractivity contribution < 1.29 is 27.5 Å². The maximum absolute atomic E-state index is 14.4. The topological polar surface area (TPSA) is 105 Å². The van der Waals surface area contributed by atoms with Gasteiger partial charge in [0.25, 0.3) is 0 Å². The highest BCUT2D eigenvalue weighted by Crippen LogP contribution is 2.36. The second-order valence-electron chi connectivity index (χ2n) is 11.3. The van der Waals surface area contributed by atoms with E-state index in [9.17, 15) is 18.0 Å². The Bertz CT molecular complexity index is 1620. The van der Waals surface area contributed by atoms with Gasteiger partial charge in [-0.2, -0.15) is 0 Å². The van der Waals surface area contributed by atoms with E-state index in [4.69, 9.17) is 32.7 Å². The van der Waals surface area contributed by atoms with Crippen molar-refractivity contribution in [1.29, 1.82) is 0 Å². The molecule has 0 saturated heterocycles. The molecule has 9 nitrogen and oxygen atoms in total. The number of anilines is 1. The van der Waals surface area contributed by atoms with Gasteiger partial charge in [0, 0.05) is 25.1 Å². The molecule has 1 heterocycles. The maximum Gasteiger partial charge on any atom is 0.244 e. The lowest BCUT2D eigenvalue weighted by Gasteiger charge is -2.35. The van der Waals surface area contributed by atoms with Crippen LogP contribution in [0.5, 0.6) is 11.5 Å². The summed E-state index contributed by atoms with van der Waals surface area (Å²) >= 11 is 12.5. The second kappa shape index (κ2) is 14.7. The van der Waals surface area contributed by atoms with E-state index in [0.29, 0.717) is 27.1 Å². The van der Waals surface area contributed by atoms with Crippen LogP contribution in [-0.2, 0) is 32.6 Å². The molecular formula is C33H37Cl2N3O6S. The number of nitrogens with one attached hydrogen (secondary N) is 1. The molecule has 1 atom stereocenters. The average molecular weight is 675 g/mol. The van der Waals surface area contributed by atoms with Crippen LogP contribution in [0.4, 0.5) is 5.69 Å². The van der Waals surface area contributed by atoms with Crippen molar-refractivity contribution in [3.05, 3.63) is 87.9 Å². The average Bonchev–Trinajstić information content (AvgIpc) is 3.52. The van der Waals surface area contributed by atoms with Crippen LogP contribution in [0.15, 0.2) is 66.7 Å². The van der Waals surface area contributed by atoms with Gasteiger partial charge < -0.3 is 19.7 Å². The number of sulfonamides is 1. The largest absolute Gasteiger partial charge is 0.454 e. The minimum absolute atomic E-state index is 0.00641. The summed E-state index contributed by atoms with van der Waals surface area (Å²) < 4.78 is 38.8. The molecular weight excluding hydrogens is 637 g/mol. The van der Waals surface area contributed by atoms with Crippen LogP contribution in [0.1, 0.15) is 50.2 Å². The molecule has 0 bridgehead atoms. The molecule has 1 aliphatic carbocycles. The van der Waals surface area contributed by atoms with Gasteiger partial charge in [-0.1, -0.05) is 78.9 Å². The molecule has 0 unspecified atom stereocenters. The third-order valence-corrected chi connectivity index (χ3v) is 10.7. The SMILES string of the molecule is CCS(=O)(=O)N(CC(=O)N(Cc1ccc(Cl)c(Cl)c1)[C@H](Cc1ccccc1)C(=O)NC1CCCCC1)c1ccc2c(c1)OCO2. The summed E-state index contributed by atoms with van der Waals surface area (Å²) in [6, 6.07) is 18.3. The van der Waals surface area contributed by atoms with E-state index in [1.807, 2.05) is 30.3 Å². The zero-order chi connectivity index (χ0) is 32.0. The summed E-state index contributed by atoms with van der Waals surface area (Å²) in [5, 5.41) is 3.86. The Morgan fingerprint density at radius 1 is 0.911 bits per heavy atom. The molecule has 1 aliphatic heterocycles. The Kier molecular flexibility index (Phi) is 10.8. The van der Waals surface area contributed by atoms with Crippen molar-refractivity contribution in [3.63, 3.8) is 0 Å². The minimum Gasteiger partial charge on any atom is -0.454 e. The predicted molar refractivity (Wildman–Crippen MR) is 175 cm³/mol. The first-order valence-corrected chi connectivity index (χ1v) is 17.5. The number of carbonyl (C=O) groups excluding carboxylic acids is 2. The zero-order valence-corrected chi connectivity index (χ0v) is 27.4. The van der Waals surface area contributed by atoms with Gasteiger partial charge in [-0.05, 0) is 55.2 Å². The number of fused-ring (bicyclic) bond motifs is 1. The predicted octanol–water partition coefficient (Wildman–Crippen LogP) is 5.97. The number of amides is 2. The van der Waals surface area contributed by atoms with E-state index in [2.05, 4.69) is 5.32 Å². The van der Waals surface area contributed by atoms with E-state index in [-0.39, 0.29) is 43.1 Å². The molecule has 12 heteroatoms. The van der Waals surface area contributed by atoms with Crippen LogP contribution in [0.25, 0.3) is 0 Å². The number of hydrogen-bond donors (Lipinski definition) is 1. The van der Waals surface area contributed by atoms with Crippen LogP contribution in [0.2, 0.25) is 10.0 Å². The maximum atomic E-state index is 14.4. The standard InChI is InChI=1S/C33H37Cl2N3O6S/c1-2-45(41,42)38(26-14-16-30-31(19-26)44-22-43-30)21-32(39)37(20-24-13-15-27(34)28(35)17-24)29(18-23-9-5-3-6-10-23)33(40)36-25-11-7-4-8-12-25/h3,5-6,9-10,13-17,19,25,29H,2,4,7-8,11-12,18,20-22H2,1H3,(H,36,40)/t29-/m1/s1. The lowest BCUT2D eigenvalue weighted by atomic mass is 9.94. The van der Waals surface area contributed by atoms with Crippen molar-refractivity contribution in [3.8, 4) is 11.5 Å². The molecule has 0 aromatic heterocycles. The van der Waals surface area contributed by atoms with Crippen LogP contribution < -0.4 is 19.1 Å². The quantitative estimate of drug-likeness (QED) is 0.254. The summed E-state index contributed by atoms with van der Waals surface area (Å²) in [6.07, 6.45) is 5.16. The van der Waals surface area contributed by atoms with Crippen molar-refractivity contribution in [2.45, 2.75) is 64.1 Å². The lowest BCUT2D eigenvalue weighted by Crippen LogP contribution is -2.55. The van der Waals surface area contributed by atoms with Gasteiger partial charge in [0.2, 0.25) is 28.6 Å². The number of ether oxygens (including phenoxy) is 2. The van der Waals surface area contributed by atoms with Crippen molar-refractivity contribution in [1.82, 2.24) is 10.2 Å². The van der Waals surface area contributed by atoms with Gasteiger partial charge >= 0.3 is 0 Å². The Labute approximate surface area is 274 Å². The van der Waals surface area contributed by atoms with E-state index >= 15 is 0 Å². The highest BCUT2D eigenvalue weighted by atomic mass is 35.5. The molecule has 0 radical (unpaired) electrons. The van der Waals surface area contributed by atoms with Gasteiger partial charge in [0.05, 0.1) is 21.5 Å². The number of benzene rings is 3.